The van der Waals surface area contributed by atoms with Crippen molar-refractivity contribution in [3.8, 4) is 0 Å². The Hall–Kier alpha value is -1.12. The van der Waals surface area contributed by atoms with Crippen LogP contribution >= 0.6 is 15.9 Å². The molecule has 0 aromatic heterocycles. The van der Waals surface area contributed by atoms with Crippen LogP contribution in [0, 0.1) is 6.92 Å². The van der Waals surface area contributed by atoms with Gasteiger partial charge in [-0.2, -0.15) is 0 Å². The second kappa shape index (κ2) is 6.33. The van der Waals surface area contributed by atoms with Gasteiger partial charge in [0.1, 0.15) is 0 Å². The summed E-state index contributed by atoms with van der Waals surface area (Å²) >= 11 is 3.72. The molecule has 21 heavy (non-hydrogen) atoms. The Labute approximate surface area is 135 Å². The first kappa shape index (κ1) is 14.8. The number of nitrogens with one attached hydrogen (secondary N) is 1. The molecule has 2 heteroatoms. The molecule has 1 nitrogen and oxygen atoms in total. The molecule has 0 amide bonds. The Morgan fingerprint density at radius 2 is 1.95 bits per heavy atom. The SMILES string of the molecule is CNC(c1cccc(C2CCC2)c1)c1ccc(C)cc1Br. The zero-order valence-electron chi connectivity index (χ0n) is 12.7. The van der Waals surface area contributed by atoms with Gasteiger partial charge in [-0.1, -0.05) is 58.7 Å². The summed E-state index contributed by atoms with van der Waals surface area (Å²) in [5, 5.41) is 3.47. The second-order valence-corrected chi connectivity index (χ2v) is 6.90. The first-order valence-corrected chi connectivity index (χ1v) is 8.51. The van der Waals surface area contributed by atoms with E-state index in [1.54, 1.807) is 0 Å². The van der Waals surface area contributed by atoms with E-state index in [-0.39, 0.29) is 6.04 Å². The first-order chi connectivity index (χ1) is 10.2. The van der Waals surface area contributed by atoms with E-state index in [0.29, 0.717) is 0 Å². The predicted octanol–water partition coefficient (Wildman–Crippen LogP) is 5.33. The van der Waals surface area contributed by atoms with Crippen LogP contribution in [-0.2, 0) is 0 Å². The van der Waals surface area contributed by atoms with E-state index >= 15 is 0 Å². The molecule has 0 bridgehead atoms. The van der Waals surface area contributed by atoms with E-state index in [2.05, 4.69) is 70.6 Å². The average Bonchev–Trinajstić information content (AvgIpc) is 2.40. The lowest BCUT2D eigenvalue weighted by atomic mass is 9.79. The highest BCUT2D eigenvalue weighted by Gasteiger charge is 2.21. The molecule has 2 aromatic rings. The largest absolute Gasteiger partial charge is 0.309 e. The van der Waals surface area contributed by atoms with Gasteiger partial charge in [-0.25, -0.2) is 0 Å². The smallest absolute Gasteiger partial charge is 0.0585 e. The molecule has 0 saturated heterocycles. The molecule has 1 atom stereocenters. The fourth-order valence-electron chi connectivity index (χ4n) is 3.10. The van der Waals surface area contributed by atoms with Crippen LogP contribution in [0.1, 0.15) is 53.5 Å². The number of hydrogen-bond donors (Lipinski definition) is 1. The predicted molar refractivity (Wildman–Crippen MR) is 92.8 cm³/mol. The third-order valence-electron chi connectivity index (χ3n) is 4.58. The van der Waals surface area contributed by atoms with Gasteiger partial charge in [-0.15, -0.1) is 0 Å². The van der Waals surface area contributed by atoms with Gasteiger partial charge in [0.15, 0.2) is 0 Å². The Morgan fingerprint density at radius 1 is 1.14 bits per heavy atom. The fourth-order valence-corrected chi connectivity index (χ4v) is 3.82. The van der Waals surface area contributed by atoms with Gasteiger partial charge < -0.3 is 5.32 Å². The Balaban J connectivity index is 1.95. The van der Waals surface area contributed by atoms with Gasteiger partial charge in [-0.3, -0.25) is 0 Å². The van der Waals surface area contributed by atoms with Crippen LogP contribution in [-0.4, -0.2) is 7.05 Å². The molecule has 0 radical (unpaired) electrons. The zero-order chi connectivity index (χ0) is 14.8. The lowest BCUT2D eigenvalue weighted by Crippen LogP contribution is -2.19. The van der Waals surface area contributed by atoms with E-state index in [1.807, 2.05) is 7.05 Å². The fraction of sp³-hybridized carbons (Fsp3) is 0.368. The van der Waals surface area contributed by atoms with Crippen LogP contribution in [0.3, 0.4) is 0 Å². The third-order valence-corrected chi connectivity index (χ3v) is 5.26. The van der Waals surface area contributed by atoms with Crippen LogP contribution in [0.15, 0.2) is 46.9 Å². The molecular weight excluding hydrogens is 322 g/mol. The van der Waals surface area contributed by atoms with Crippen molar-refractivity contribution in [2.24, 2.45) is 0 Å². The summed E-state index contributed by atoms with van der Waals surface area (Å²) in [6.45, 7) is 2.13. The molecule has 1 aliphatic rings. The van der Waals surface area contributed by atoms with E-state index < -0.39 is 0 Å². The maximum absolute atomic E-state index is 3.72. The van der Waals surface area contributed by atoms with Crippen molar-refractivity contribution >= 4 is 15.9 Å². The first-order valence-electron chi connectivity index (χ1n) is 7.72. The van der Waals surface area contributed by atoms with Crippen molar-refractivity contribution in [1.82, 2.24) is 5.32 Å². The van der Waals surface area contributed by atoms with Gasteiger partial charge in [0.05, 0.1) is 6.04 Å². The summed E-state index contributed by atoms with van der Waals surface area (Å²) in [5.74, 6) is 0.781. The van der Waals surface area contributed by atoms with Gasteiger partial charge in [-0.05, 0) is 61.1 Å². The average molecular weight is 344 g/mol. The lowest BCUT2D eigenvalue weighted by Gasteiger charge is -2.27. The van der Waals surface area contributed by atoms with Crippen LogP contribution < -0.4 is 5.32 Å². The van der Waals surface area contributed by atoms with Gasteiger partial charge in [0.2, 0.25) is 0 Å². The minimum absolute atomic E-state index is 0.236. The Morgan fingerprint density at radius 3 is 2.57 bits per heavy atom. The summed E-state index contributed by atoms with van der Waals surface area (Å²) in [6, 6.07) is 15.9. The van der Waals surface area contributed by atoms with Crippen molar-refractivity contribution in [2.75, 3.05) is 7.05 Å². The molecule has 110 valence electrons. The van der Waals surface area contributed by atoms with Gasteiger partial charge in [0.25, 0.3) is 0 Å². The van der Waals surface area contributed by atoms with Crippen molar-refractivity contribution in [1.29, 1.82) is 0 Å². The molecule has 0 spiro atoms. The number of hydrogen-bond acceptors (Lipinski definition) is 1. The number of aryl methyl sites for hydroxylation is 1. The molecule has 0 heterocycles. The normalized spacial score (nSPS) is 16.5. The summed E-state index contributed by atoms with van der Waals surface area (Å²) < 4.78 is 1.18. The third kappa shape index (κ3) is 3.07. The van der Waals surface area contributed by atoms with Crippen molar-refractivity contribution < 1.29 is 0 Å². The molecule has 1 saturated carbocycles. The topological polar surface area (TPSA) is 12.0 Å². The molecule has 1 fully saturated rings. The second-order valence-electron chi connectivity index (χ2n) is 6.04. The van der Waals surface area contributed by atoms with Crippen molar-refractivity contribution in [3.63, 3.8) is 0 Å². The summed E-state index contributed by atoms with van der Waals surface area (Å²) in [6.07, 6.45) is 4.08. The standard InChI is InChI=1S/C19H22BrN/c1-13-9-10-17(18(20)11-13)19(21-2)16-8-4-7-15(12-16)14-5-3-6-14/h4,7-12,14,19,21H,3,5-6H2,1-2H3. The van der Waals surface area contributed by atoms with Crippen LogP contribution in [0.2, 0.25) is 0 Å². The number of benzene rings is 2. The van der Waals surface area contributed by atoms with Gasteiger partial charge in [0, 0.05) is 4.47 Å². The van der Waals surface area contributed by atoms with Crippen LogP contribution in [0.4, 0.5) is 0 Å². The highest BCUT2D eigenvalue weighted by molar-refractivity contribution is 9.10. The highest BCUT2D eigenvalue weighted by Crippen LogP contribution is 2.38. The van der Waals surface area contributed by atoms with E-state index in [1.165, 1.54) is 46.0 Å². The Bertz CT molecular complexity index is 631. The van der Waals surface area contributed by atoms with Crippen molar-refractivity contribution in [3.05, 3.63) is 69.2 Å². The van der Waals surface area contributed by atoms with Crippen LogP contribution in [0.25, 0.3) is 0 Å². The number of rotatable bonds is 4. The van der Waals surface area contributed by atoms with Gasteiger partial charge >= 0.3 is 0 Å². The number of halogens is 1. The molecule has 3 rings (SSSR count). The summed E-state index contributed by atoms with van der Waals surface area (Å²) in [7, 11) is 2.03. The summed E-state index contributed by atoms with van der Waals surface area (Å²) in [4.78, 5) is 0. The highest BCUT2D eigenvalue weighted by atomic mass is 79.9. The maximum Gasteiger partial charge on any atom is 0.0585 e. The molecular formula is C19H22BrN. The van der Waals surface area contributed by atoms with Crippen LogP contribution in [0.5, 0.6) is 0 Å². The summed E-state index contributed by atoms with van der Waals surface area (Å²) in [5.41, 5.74) is 5.44. The molecule has 1 aliphatic carbocycles. The van der Waals surface area contributed by atoms with E-state index in [4.69, 9.17) is 0 Å². The van der Waals surface area contributed by atoms with Crippen molar-refractivity contribution in [2.45, 2.75) is 38.1 Å². The minimum Gasteiger partial charge on any atom is -0.309 e. The Kier molecular flexibility index (Phi) is 4.46. The maximum atomic E-state index is 3.72. The van der Waals surface area contributed by atoms with E-state index in [0.717, 1.165) is 5.92 Å². The minimum atomic E-state index is 0.236. The molecule has 0 aliphatic heterocycles. The molecule has 2 aromatic carbocycles. The van der Waals surface area contributed by atoms with E-state index in [9.17, 15) is 0 Å². The molecule has 1 unspecified atom stereocenters. The zero-order valence-corrected chi connectivity index (χ0v) is 14.3. The lowest BCUT2D eigenvalue weighted by molar-refractivity contribution is 0.419. The quantitative estimate of drug-likeness (QED) is 0.790. The monoisotopic (exact) mass is 343 g/mol. The molecule has 1 N–H and O–H groups in total.